The summed E-state index contributed by atoms with van der Waals surface area (Å²) in [5.74, 6) is -1.44. The number of esters is 1. The molecule has 2 aliphatic heterocycles. The molecular weight excluding hydrogens is 477 g/mol. The van der Waals surface area contributed by atoms with Crippen molar-refractivity contribution in [3.05, 3.63) is 61.7 Å². The summed E-state index contributed by atoms with van der Waals surface area (Å²) in [6.07, 6.45) is 1.24. The lowest BCUT2D eigenvalue weighted by Crippen LogP contribution is -2.44. The van der Waals surface area contributed by atoms with Crippen molar-refractivity contribution in [2.75, 3.05) is 0 Å². The lowest BCUT2D eigenvalue weighted by Gasteiger charge is -2.31. The van der Waals surface area contributed by atoms with Crippen molar-refractivity contribution in [1.82, 2.24) is 14.9 Å². The van der Waals surface area contributed by atoms with Crippen LogP contribution in [0.1, 0.15) is 73.0 Å². The summed E-state index contributed by atoms with van der Waals surface area (Å²) in [4.78, 5) is 43.6. The largest absolute Gasteiger partial charge is 0.458 e. The van der Waals surface area contributed by atoms with E-state index in [1.54, 1.807) is 24.5 Å². The lowest BCUT2D eigenvalue weighted by molar-refractivity contribution is -0.172. The number of nitrogens with one attached hydrogen (secondary N) is 1. The van der Waals surface area contributed by atoms with Gasteiger partial charge in [0.05, 0.1) is 35.1 Å². The highest BCUT2D eigenvalue weighted by molar-refractivity contribution is 5.94. The molecule has 2 atom stereocenters. The van der Waals surface area contributed by atoms with Gasteiger partial charge in [-0.25, -0.2) is 14.2 Å². The van der Waals surface area contributed by atoms with Gasteiger partial charge < -0.3 is 19.7 Å². The van der Waals surface area contributed by atoms with Crippen LogP contribution in [0, 0.1) is 18.7 Å². The summed E-state index contributed by atoms with van der Waals surface area (Å²) in [7, 11) is 0. The van der Waals surface area contributed by atoms with E-state index in [9.17, 15) is 23.9 Å². The summed E-state index contributed by atoms with van der Waals surface area (Å²) in [5, 5.41) is 15.1. The zero-order valence-electron chi connectivity index (χ0n) is 21.2. The summed E-state index contributed by atoms with van der Waals surface area (Å²) in [5.41, 5.74) is 2.69. The third-order valence-electron chi connectivity index (χ3n) is 8.22. The van der Waals surface area contributed by atoms with Crippen LogP contribution in [0.15, 0.2) is 16.9 Å². The van der Waals surface area contributed by atoms with E-state index in [0.29, 0.717) is 35.3 Å². The lowest BCUT2D eigenvalue weighted by atomic mass is 9.81. The molecule has 1 amide bonds. The fraction of sp³-hybridized carbons (Fsp3) is 0.429. The number of amides is 1. The molecule has 4 heterocycles. The van der Waals surface area contributed by atoms with Crippen LogP contribution in [0.2, 0.25) is 0 Å². The van der Waals surface area contributed by atoms with E-state index in [1.165, 1.54) is 6.07 Å². The topological polar surface area (TPSA) is 111 Å². The highest BCUT2D eigenvalue weighted by Crippen LogP contribution is 2.45. The molecular formula is C28H28FN3O5. The molecule has 6 rings (SSSR count). The van der Waals surface area contributed by atoms with Crippen LogP contribution in [0.5, 0.6) is 0 Å². The number of rotatable bonds is 3. The van der Waals surface area contributed by atoms with Gasteiger partial charge in [0, 0.05) is 28.5 Å². The highest BCUT2D eigenvalue weighted by atomic mass is 19.1. The molecule has 0 saturated carbocycles. The molecule has 2 N–H and O–H groups in total. The number of halogens is 1. The van der Waals surface area contributed by atoms with Crippen molar-refractivity contribution >= 4 is 22.8 Å². The fourth-order valence-electron chi connectivity index (χ4n) is 6.04. The second-order valence-corrected chi connectivity index (χ2v) is 10.6. The monoisotopic (exact) mass is 505 g/mol. The number of hydrogen-bond acceptors (Lipinski definition) is 6. The van der Waals surface area contributed by atoms with Crippen molar-refractivity contribution in [1.29, 1.82) is 0 Å². The summed E-state index contributed by atoms with van der Waals surface area (Å²) < 4.78 is 21.7. The minimum atomic E-state index is -1.93. The van der Waals surface area contributed by atoms with Crippen molar-refractivity contribution in [2.24, 2.45) is 5.92 Å². The Kier molecular flexibility index (Phi) is 5.11. The van der Waals surface area contributed by atoms with Crippen molar-refractivity contribution in [3.63, 3.8) is 0 Å². The average molecular weight is 506 g/mol. The third kappa shape index (κ3) is 3.16. The molecule has 37 heavy (non-hydrogen) atoms. The number of cyclic esters (lactones) is 1. The minimum absolute atomic E-state index is 0.0438. The molecule has 0 radical (unpaired) electrons. The highest BCUT2D eigenvalue weighted by Gasteiger charge is 2.46. The molecule has 2 aromatic heterocycles. The molecule has 1 aromatic carbocycles. The molecule has 9 heteroatoms. The Hall–Kier alpha value is -3.59. The number of carbonyl (C=O) groups is 2. The first-order valence-corrected chi connectivity index (χ1v) is 12.7. The SMILES string of the molecule is CC[C@]1(O)C(=O)OCc2c1cc1n(c2=O)Cc2c-1nc1cc(F)c(C)c3c1c2[C@H](NC(=O)C(C)C)CC3. The van der Waals surface area contributed by atoms with Gasteiger partial charge in [0.25, 0.3) is 5.56 Å². The Morgan fingerprint density at radius 1 is 1.30 bits per heavy atom. The molecule has 0 bridgehead atoms. The molecule has 3 aliphatic rings. The number of carbonyl (C=O) groups excluding carboxylic acids is 2. The number of fused-ring (bicyclic) bond motifs is 5. The van der Waals surface area contributed by atoms with Gasteiger partial charge in [-0.15, -0.1) is 0 Å². The van der Waals surface area contributed by atoms with E-state index in [1.807, 2.05) is 13.8 Å². The smallest absolute Gasteiger partial charge is 0.343 e. The predicted molar refractivity (Wildman–Crippen MR) is 133 cm³/mol. The average Bonchev–Trinajstić information content (AvgIpc) is 3.24. The first kappa shape index (κ1) is 23.8. The Balaban J connectivity index is 1.65. The maximum atomic E-state index is 14.9. The fourth-order valence-corrected chi connectivity index (χ4v) is 6.04. The van der Waals surface area contributed by atoms with E-state index in [2.05, 4.69) is 5.32 Å². The van der Waals surface area contributed by atoms with E-state index in [-0.39, 0.29) is 59.9 Å². The maximum Gasteiger partial charge on any atom is 0.343 e. The van der Waals surface area contributed by atoms with Crippen LogP contribution in [0.3, 0.4) is 0 Å². The summed E-state index contributed by atoms with van der Waals surface area (Å²) >= 11 is 0. The number of pyridine rings is 2. The molecule has 192 valence electrons. The Morgan fingerprint density at radius 3 is 2.76 bits per heavy atom. The van der Waals surface area contributed by atoms with Gasteiger partial charge in [-0.05, 0) is 48.9 Å². The van der Waals surface area contributed by atoms with Gasteiger partial charge in [-0.2, -0.15) is 0 Å². The van der Waals surface area contributed by atoms with Gasteiger partial charge >= 0.3 is 5.97 Å². The van der Waals surface area contributed by atoms with Crippen molar-refractivity contribution < 1.29 is 23.8 Å². The van der Waals surface area contributed by atoms with Crippen LogP contribution in [-0.4, -0.2) is 26.5 Å². The van der Waals surface area contributed by atoms with E-state index < -0.39 is 11.6 Å². The zero-order valence-corrected chi connectivity index (χ0v) is 21.2. The number of ether oxygens (including phenoxy) is 1. The molecule has 0 fully saturated rings. The first-order valence-electron chi connectivity index (χ1n) is 12.7. The van der Waals surface area contributed by atoms with Crippen LogP contribution in [0.4, 0.5) is 4.39 Å². The van der Waals surface area contributed by atoms with Crippen LogP contribution in [0.25, 0.3) is 22.3 Å². The number of benzene rings is 1. The van der Waals surface area contributed by atoms with E-state index >= 15 is 0 Å². The molecule has 8 nitrogen and oxygen atoms in total. The minimum Gasteiger partial charge on any atom is -0.458 e. The second kappa shape index (κ2) is 7.95. The summed E-state index contributed by atoms with van der Waals surface area (Å²) in [6.45, 7) is 7.07. The Bertz CT molecular complexity index is 1610. The molecule has 0 unspecified atom stereocenters. The zero-order chi connectivity index (χ0) is 26.4. The van der Waals surface area contributed by atoms with Crippen molar-refractivity contribution in [3.8, 4) is 11.4 Å². The maximum absolute atomic E-state index is 14.9. The number of aromatic nitrogens is 2. The second-order valence-electron chi connectivity index (χ2n) is 10.6. The Labute approximate surface area is 212 Å². The van der Waals surface area contributed by atoms with Gasteiger partial charge in [0.2, 0.25) is 5.91 Å². The van der Waals surface area contributed by atoms with Gasteiger partial charge in [-0.1, -0.05) is 20.8 Å². The molecule has 3 aromatic rings. The number of aliphatic hydroxyl groups is 1. The Morgan fingerprint density at radius 2 is 2.05 bits per heavy atom. The third-order valence-corrected chi connectivity index (χ3v) is 8.22. The standard InChI is InChI=1S/C28H28FN3O5/c1-5-28(36)17-8-21-24-15(10-32(21)26(34)16(17)11-37-27(28)35)23-19(31-25(33)12(2)3)7-6-14-13(4)18(29)9-20(30-24)22(14)23/h8-9,12,19,36H,5-7,10-11H2,1-4H3,(H,31,33)/t19-,28-/m1/s1. The van der Waals surface area contributed by atoms with Crippen LogP contribution in [-0.2, 0) is 39.5 Å². The van der Waals surface area contributed by atoms with Gasteiger partial charge in [0.15, 0.2) is 5.60 Å². The number of aryl methyl sites for hydroxylation is 1. The van der Waals surface area contributed by atoms with Gasteiger partial charge in [0.1, 0.15) is 12.4 Å². The van der Waals surface area contributed by atoms with Gasteiger partial charge in [-0.3, -0.25) is 9.59 Å². The number of hydrogen-bond donors (Lipinski definition) is 2. The molecule has 0 saturated heterocycles. The normalized spacial score (nSPS) is 21.5. The van der Waals surface area contributed by atoms with E-state index in [0.717, 1.165) is 22.1 Å². The van der Waals surface area contributed by atoms with Crippen LogP contribution < -0.4 is 10.9 Å². The van der Waals surface area contributed by atoms with Crippen LogP contribution >= 0.6 is 0 Å². The van der Waals surface area contributed by atoms with Crippen molar-refractivity contribution in [2.45, 2.75) is 71.8 Å². The molecule has 0 spiro atoms. The quantitative estimate of drug-likeness (QED) is 0.414. The molecule has 1 aliphatic carbocycles. The number of nitrogens with zero attached hydrogens (tertiary/aromatic N) is 2. The first-order chi connectivity index (χ1) is 17.6. The predicted octanol–water partition coefficient (Wildman–Crippen LogP) is 3.29. The van der Waals surface area contributed by atoms with E-state index in [4.69, 9.17) is 9.72 Å². The summed E-state index contributed by atoms with van der Waals surface area (Å²) in [6, 6.07) is 2.74.